The number of methoxy groups -OCH3 is 1. The molecule has 26 heavy (non-hydrogen) atoms. The molecule has 132 valence electrons. The Balaban J connectivity index is 2.11. The van der Waals surface area contributed by atoms with Crippen LogP contribution in [-0.2, 0) is 0 Å². The van der Waals surface area contributed by atoms with E-state index in [1.807, 2.05) is 0 Å². The molecule has 2 aromatic carbocycles. The molecule has 0 atom stereocenters. The molecule has 0 aliphatic rings. The number of aliphatic imine (C=N–C) groups is 1. The van der Waals surface area contributed by atoms with Crippen molar-refractivity contribution in [3.8, 4) is 17.3 Å². The number of H-pyrrole nitrogens is 1. The molecule has 1 heterocycles. The van der Waals surface area contributed by atoms with E-state index in [0.717, 1.165) is 6.21 Å². The second-order valence-corrected chi connectivity index (χ2v) is 5.63. The van der Waals surface area contributed by atoms with Gasteiger partial charge in [0.1, 0.15) is 17.1 Å². The summed E-state index contributed by atoms with van der Waals surface area (Å²) in [6.45, 7) is 0. The quantitative estimate of drug-likeness (QED) is 0.543. The van der Waals surface area contributed by atoms with E-state index in [1.54, 1.807) is 30.3 Å². The third-order valence-electron chi connectivity index (χ3n) is 3.64. The number of nitrogens with zero attached hydrogens (tertiary/aromatic N) is 2. The maximum Gasteiger partial charge on any atom is 0.264 e. The number of aromatic amines is 1. The maximum atomic E-state index is 13.7. The lowest BCUT2D eigenvalue weighted by molar-refractivity contribution is 0.414. The zero-order valence-corrected chi connectivity index (χ0v) is 14.5. The van der Waals surface area contributed by atoms with Gasteiger partial charge in [-0.1, -0.05) is 12.1 Å². The van der Waals surface area contributed by atoms with Crippen LogP contribution in [0.3, 0.4) is 0 Å². The van der Waals surface area contributed by atoms with Gasteiger partial charge in [-0.25, -0.2) is 4.39 Å². The molecule has 0 radical (unpaired) electrons. The Morgan fingerprint density at radius 3 is 2.58 bits per heavy atom. The number of aromatic nitrogens is 2. The third-order valence-corrected chi connectivity index (χ3v) is 3.92. The molecule has 3 rings (SSSR count). The van der Waals surface area contributed by atoms with Crippen molar-refractivity contribution in [2.75, 3.05) is 7.11 Å². The summed E-state index contributed by atoms with van der Waals surface area (Å²) >= 11 is 5.14. The van der Waals surface area contributed by atoms with Crippen molar-refractivity contribution in [1.29, 1.82) is 0 Å². The van der Waals surface area contributed by atoms with Gasteiger partial charge in [0.05, 0.1) is 18.5 Å². The highest BCUT2D eigenvalue weighted by atomic mass is 32.1. The largest absolute Gasteiger partial charge is 0.497 e. The average molecular weight is 371 g/mol. The van der Waals surface area contributed by atoms with Crippen LogP contribution in [0.15, 0.2) is 58.3 Å². The van der Waals surface area contributed by atoms with Gasteiger partial charge in [0.15, 0.2) is 4.77 Å². The average Bonchev–Trinajstić information content (AvgIpc) is 2.63. The highest BCUT2D eigenvalue weighted by molar-refractivity contribution is 7.71. The summed E-state index contributed by atoms with van der Waals surface area (Å²) in [5.74, 6) is -0.308. The zero-order chi connectivity index (χ0) is 18.7. The van der Waals surface area contributed by atoms with Gasteiger partial charge in [0.25, 0.3) is 5.56 Å². The minimum absolute atomic E-state index is 0.0145. The SMILES string of the molecule is COc1ccc(-n2c(O)c(C=Nc3ccccc3F)c(=O)[nH]c2=S)cc1. The number of hydrogen-bond donors (Lipinski definition) is 2. The lowest BCUT2D eigenvalue weighted by atomic mass is 10.2. The first-order chi connectivity index (χ1) is 12.5. The third kappa shape index (κ3) is 3.40. The molecular formula is C18H14FN3O3S. The summed E-state index contributed by atoms with van der Waals surface area (Å²) < 4.78 is 20.1. The van der Waals surface area contributed by atoms with E-state index in [0.29, 0.717) is 11.4 Å². The van der Waals surface area contributed by atoms with E-state index in [2.05, 4.69) is 9.98 Å². The predicted molar refractivity (Wildman–Crippen MR) is 99.1 cm³/mol. The van der Waals surface area contributed by atoms with E-state index in [-0.39, 0.29) is 16.0 Å². The number of aromatic hydroxyl groups is 1. The highest BCUT2D eigenvalue weighted by Crippen LogP contribution is 2.22. The number of rotatable bonds is 4. The molecule has 3 aromatic rings. The number of para-hydroxylation sites is 1. The Bertz CT molecular complexity index is 1090. The Hall–Kier alpha value is -3.26. The van der Waals surface area contributed by atoms with Crippen LogP contribution < -0.4 is 10.3 Å². The molecule has 0 unspecified atom stereocenters. The minimum atomic E-state index is -0.627. The second kappa shape index (κ2) is 7.32. The van der Waals surface area contributed by atoms with E-state index >= 15 is 0 Å². The lowest BCUT2D eigenvalue weighted by Gasteiger charge is -2.11. The Labute approximate surface area is 152 Å². The molecule has 6 nitrogen and oxygen atoms in total. The second-order valence-electron chi connectivity index (χ2n) is 5.24. The van der Waals surface area contributed by atoms with Gasteiger partial charge in [-0.05, 0) is 48.6 Å². The molecule has 2 N–H and O–H groups in total. The number of nitrogens with one attached hydrogen (secondary N) is 1. The van der Waals surface area contributed by atoms with Crippen LogP contribution >= 0.6 is 12.2 Å². The van der Waals surface area contributed by atoms with Gasteiger partial charge in [-0.15, -0.1) is 0 Å². The molecule has 0 spiro atoms. The predicted octanol–water partition coefficient (Wildman–Crippen LogP) is 3.50. The Kier molecular flexibility index (Phi) is 4.94. The van der Waals surface area contributed by atoms with E-state index < -0.39 is 17.3 Å². The van der Waals surface area contributed by atoms with E-state index in [9.17, 15) is 14.3 Å². The van der Waals surface area contributed by atoms with Gasteiger partial charge >= 0.3 is 0 Å². The summed E-state index contributed by atoms with van der Waals surface area (Å²) in [5, 5.41) is 10.5. The van der Waals surface area contributed by atoms with Crippen molar-refractivity contribution in [1.82, 2.24) is 9.55 Å². The first kappa shape index (κ1) is 17.6. The van der Waals surface area contributed by atoms with Crippen LogP contribution in [0.4, 0.5) is 10.1 Å². The maximum absolute atomic E-state index is 13.7. The lowest BCUT2D eigenvalue weighted by Crippen LogP contribution is -2.18. The zero-order valence-electron chi connectivity index (χ0n) is 13.6. The first-order valence-electron chi connectivity index (χ1n) is 7.52. The monoisotopic (exact) mass is 371 g/mol. The van der Waals surface area contributed by atoms with Crippen molar-refractivity contribution in [2.45, 2.75) is 0 Å². The number of benzene rings is 2. The van der Waals surface area contributed by atoms with Crippen LogP contribution in [-0.4, -0.2) is 28.0 Å². The van der Waals surface area contributed by atoms with Gasteiger partial charge in [0.2, 0.25) is 5.88 Å². The van der Waals surface area contributed by atoms with Crippen molar-refractivity contribution in [3.05, 3.63) is 75.0 Å². The van der Waals surface area contributed by atoms with Crippen molar-refractivity contribution < 1.29 is 14.2 Å². The molecule has 0 amide bonds. The van der Waals surface area contributed by atoms with E-state index in [4.69, 9.17) is 17.0 Å². The van der Waals surface area contributed by atoms with Crippen LogP contribution in [0.1, 0.15) is 5.56 Å². The van der Waals surface area contributed by atoms with Crippen LogP contribution in [0.5, 0.6) is 11.6 Å². The fourth-order valence-electron chi connectivity index (χ4n) is 2.32. The molecule has 0 fully saturated rings. The molecule has 0 saturated heterocycles. The summed E-state index contributed by atoms with van der Waals surface area (Å²) in [5.41, 5.74) is -0.204. The van der Waals surface area contributed by atoms with Crippen molar-refractivity contribution in [2.24, 2.45) is 4.99 Å². The topological polar surface area (TPSA) is 79.6 Å². The minimum Gasteiger partial charge on any atom is -0.497 e. The number of halogens is 1. The normalized spacial score (nSPS) is 11.0. The standard InChI is InChI=1S/C18H14FN3O3S/c1-25-12-8-6-11(7-9-12)22-17(24)13(16(23)21-18(22)26)10-20-15-5-3-2-4-14(15)19/h2-10,24H,1H3,(H,21,23,26). The smallest absolute Gasteiger partial charge is 0.264 e. The molecule has 0 bridgehead atoms. The Morgan fingerprint density at radius 2 is 1.92 bits per heavy atom. The van der Waals surface area contributed by atoms with Gasteiger partial charge in [-0.3, -0.25) is 19.3 Å². The Morgan fingerprint density at radius 1 is 1.23 bits per heavy atom. The van der Waals surface area contributed by atoms with E-state index in [1.165, 1.54) is 29.9 Å². The molecule has 0 aliphatic carbocycles. The number of hydrogen-bond acceptors (Lipinski definition) is 5. The molecular weight excluding hydrogens is 357 g/mol. The fourth-order valence-corrected chi connectivity index (χ4v) is 2.60. The summed E-state index contributed by atoms with van der Waals surface area (Å²) in [7, 11) is 1.54. The molecule has 8 heteroatoms. The summed E-state index contributed by atoms with van der Waals surface area (Å²) in [6.07, 6.45) is 1.10. The van der Waals surface area contributed by atoms with Gasteiger partial charge in [-0.2, -0.15) is 0 Å². The van der Waals surface area contributed by atoms with Crippen LogP contribution in [0.25, 0.3) is 5.69 Å². The highest BCUT2D eigenvalue weighted by Gasteiger charge is 2.13. The van der Waals surface area contributed by atoms with Crippen LogP contribution in [0, 0.1) is 10.6 Å². The van der Waals surface area contributed by atoms with Crippen LogP contribution in [0.2, 0.25) is 0 Å². The van der Waals surface area contributed by atoms with Gasteiger partial charge in [0, 0.05) is 6.21 Å². The van der Waals surface area contributed by atoms with Crippen molar-refractivity contribution in [3.63, 3.8) is 0 Å². The van der Waals surface area contributed by atoms with Gasteiger partial charge < -0.3 is 9.84 Å². The van der Waals surface area contributed by atoms with Crippen molar-refractivity contribution >= 4 is 24.1 Å². The molecule has 0 saturated carbocycles. The fraction of sp³-hybridized carbons (Fsp3) is 0.0556. The molecule has 0 aliphatic heterocycles. The summed E-state index contributed by atoms with van der Waals surface area (Å²) in [6, 6.07) is 12.6. The number of ether oxygens (including phenoxy) is 1. The summed E-state index contributed by atoms with van der Waals surface area (Å²) in [4.78, 5) is 18.6. The first-order valence-corrected chi connectivity index (χ1v) is 7.93. The molecule has 1 aromatic heterocycles.